The normalized spacial score (nSPS) is 23.8. The number of esters is 1. The van der Waals surface area contributed by atoms with Gasteiger partial charge in [0.15, 0.2) is 6.04 Å². The van der Waals surface area contributed by atoms with E-state index in [4.69, 9.17) is 5.73 Å². The SMILES string of the molecule is COC(=O)C1c2nn(C(N)=O)cc2[C@H]2CN1C(=O)N2O. The van der Waals surface area contributed by atoms with Crippen molar-refractivity contribution < 1.29 is 24.3 Å². The van der Waals surface area contributed by atoms with Gasteiger partial charge in [0.05, 0.1) is 13.7 Å². The lowest BCUT2D eigenvalue weighted by atomic mass is 9.98. The number of hydrogen-bond acceptors (Lipinski definition) is 6. The maximum absolute atomic E-state index is 11.9. The predicted molar refractivity (Wildman–Crippen MR) is 60.4 cm³/mol. The number of primary amides is 1. The Hall–Kier alpha value is -2.62. The first kappa shape index (κ1) is 12.4. The van der Waals surface area contributed by atoms with Crippen molar-refractivity contribution in [3.05, 3.63) is 17.5 Å². The second kappa shape index (κ2) is 3.93. The van der Waals surface area contributed by atoms with E-state index >= 15 is 0 Å². The number of urea groups is 1. The van der Waals surface area contributed by atoms with Crippen LogP contribution in [-0.2, 0) is 9.53 Å². The highest BCUT2D eigenvalue weighted by Gasteiger charge is 2.52. The summed E-state index contributed by atoms with van der Waals surface area (Å²) in [5.74, 6) is -0.705. The van der Waals surface area contributed by atoms with Gasteiger partial charge in [-0.05, 0) is 0 Å². The van der Waals surface area contributed by atoms with E-state index in [2.05, 4.69) is 9.84 Å². The molecule has 1 aromatic heterocycles. The Morgan fingerprint density at radius 3 is 2.85 bits per heavy atom. The van der Waals surface area contributed by atoms with Crippen LogP contribution in [-0.4, -0.2) is 56.6 Å². The average Bonchev–Trinajstić information content (AvgIpc) is 2.96. The van der Waals surface area contributed by atoms with Crippen LogP contribution in [0, 0.1) is 0 Å². The van der Waals surface area contributed by atoms with Crippen molar-refractivity contribution in [2.75, 3.05) is 13.7 Å². The Bertz CT molecular complexity index is 626. The molecule has 2 atom stereocenters. The lowest BCUT2D eigenvalue weighted by molar-refractivity contribution is -0.146. The molecule has 0 aromatic carbocycles. The van der Waals surface area contributed by atoms with Crippen LogP contribution in [0.5, 0.6) is 0 Å². The summed E-state index contributed by atoms with van der Waals surface area (Å²) < 4.78 is 5.51. The van der Waals surface area contributed by atoms with Gasteiger partial charge in [-0.2, -0.15) is 14.8 Å². The third-order valence-corrected chi connectivity index (χ3v) is 3.46. The van der Waals surface area contributed by atoms with Gasteiger partial charge in [0.2, 0.25) is 0 Å². The largest absolute Gasteiger partial charge is 0.467 e. The number of hydrogen-bond donors (Lipinski definition) is 2. The second-order valence-electron chi connectivity index (χ2n) is 4.47. The van der Waals surface area contributed by atoms with Gasteiger partial charge in [-0.1, -0.05) is 0 Å². The molecule has 10 heteroatoms. The summed E-state index contributed by atoms with van der Waals surface area (Å²) in [5.41, 5.74) is 5.70. The smallest absolute Gasteiger partial charge is 0.345 e. The summed E-state index contributed by atoms with van der Waals surface area (Å²) >= 11 is 0. The summed E-state index contributed by atoms with van der Waals surface area (Å²) in [6.45, 7) is 0.104. The first-order valence-electron chi connectivity index (χ1n) is 5.71. The number of nitrogens with two attached hydrogens (primary N) is 1. The van der Waals surface area contributed by atoms with Gasteiger partial charge >= 0.3 is 18.0 Å². The number of ether oxygens (including phenoxy) is 1. The minimum Gasteiger partial charge on any atom is -0.467 e. The van der Waals surface area contributed by atoms with Crippen LogP contribution in [0.4, 0.5) is 9.59 Å². The highest BCUT2D eigenvalue weighted by atomic mass is 16.5. The number of fused-ring (bicyclic) bond motifs is 4. The monoisotopic (exact) mass is 281 g/mol. The van der Waals surface area contributed by atoms with Crippen molar-refractivity contribution in [1.29, 1.82) is 0 Å². The number of carbonyl (C=O) groups excluding carboxylic acids is 3. The third-order valence-electron chi connectivity index (χ3n) is 3.46. The quantitative estimate of drug-likeness (QED) is 0.512. The molecule has 3 rings (SSSR count). The summed E-state index contributed by atoms with van der Waals surface area (Å²) in [6.07, 6.45) is 1.30. The zero-order valence-corrected chi connectivity index (χ0v) is 10.4. The van der Waals surface area contributed by atoms with Crippen LogP contribution < -0.4 is 5.73 Å². The fourth-order valence-electron chi connectivity index (χ4n) is 2.53. The molecule has 0 aliphatic carbocycles. The van der Waals surface area contributed by atoms with E-state index in [0.717, 1.165) is 9.58 Å². The Kier molecular flexibility index (Phi) is 2.44. The molecule has 1 saturated heterocycles. The van der Waals surface area contributed by atoms with E-state index in [9.17, 15) is 19.6 Å². The van der Waals surface area contributed by atoms with Crippen LogP contribution in [0.1, 0.15) is 23.3 Å². The molecular weight excluding hydrogens is 270 g/mol. The number of amides is 3. The minimum atomic E-state index is -1.10. The molecule has 10 nitrogen and oxygen atoms in total. The summed E-state index contributed by atoms with van der Waals surface area (Å²) in [7, 11) is 1.18. The lowest BCUT2D eigenvalue weighted by Crippen LogP contribution is -2.39. The molecule has 106 valence electrons. The standard InChI is InChI=1S/C10H11N5O5/c1-20-8(16)7-6-4(2-14(12-6)9(11)17)5-3-13(7)10(18)15(5)19/h2,5,7,19H,3H2,1H3,(H2,11,17)/t5-,7?/m1/s1. The molecule has 2 aliphatic heterocycles. The van der Waals surface area contributed by atoms with Gasteiger partial charge < -0.3 is 15.4 Å². The fraction of sp³-hybridized carbons (Fsp3) is 0.400. The molecule has 2 aliphatic rings. The molecule has 1 fully saturated rings. The third kappa shape index (κ3) is 1.42. The number of aromatic nitrogens is 2. The van der Waals surface area contributed by atoms with Crippen LogP contribution >= 0.6 is 0 Å². The molecule has 3 heterocycles. The van der Waals surface area contributed by atoms with Gasteiger partial charge in [-0.15, -0.1) is 0 Å². The van der Waals surface area contributed by atoms with Crippen LogP contribution in [0.25, 0.3) is 0 Å². The molecular formula is C10H11N5O5. The Morgan fingerprint density at radius 2 is 2.25 bits per heavy atom. The predicted octanol–water partition coefficient (Wildman–Crippen LogP) is -0.794. The van der Waals surface area contributed by atoms with Gasteiger partial charge in [-0.3, -0.25) is 5.21 Å². The minimum absolute atomic E-state index is 0.104. The number of rotatable bonds is 1. The Balaban J connectivity index is 2.16. The fourth-order valence-corrected chi connectivity index (χ4v) is 2.53. The molecule has 2 bridgehead atoms. The van der Waals surface area contributed by atoms with Crippen LogP contribution in [0.2, 0.25) is 0 Å². The number of methoxy groups -OCH3 is 1. The lowest BCUT2D eigenvalue weighted by Gasteiger charge is -2.27. The number of hydroxylamine groups is 2. The highest BCUT2D eigenvalue weighted by molar-refractivity contribution is 5.87. The maximum Gasteiger partial charge on any atom is 0.345 e. The van der Waals surface area contributed by atoms with Crippen molar-refractivity contribution >= 4 is 18.0 Å². The summed E-state index contributed by atoms with van der Waals surface area (Å²) in [4.78, 5) is 36.0. The van der Waals surface area contributed by atoms with E-state index in [1.165, 1.54) is 13.3 Å². The second-order valence-corrected chi connectivity index (χ2v) is 4.47. The number of nitrogens with zero attached hydrogens (tertiary/aromatic N) is 4. The van der Waals surface area contributed by atoms with Gasteiger partial charge in [0.25, 0.3) is 0 Å². The maximum atomic E-state index is 11.9. The molecule has 0 spiro atoms. The highest BCUT2D eigenvalue weighted by Crippen LogP contribution is 2.42. The molecule has 0 saturated carbocycles. The van der Waals surface area contributed by atoms with Crippen LogP contribution in [0.15, 0.2) is 6.20 Å². The van der Waals surface area contributed by atoms with Crippen molar-refractivity contribution in [1.82, 2.24) is 19.7 Å². The van der Waals surface area contributed by atoms with E-state index in [-0.39, 0.29) is 12.2 Å². The van der Waals surface area contributed by atoms with Gasteiger partial charge in [0, 0.05) is 11.8 Å². The first-order valence-corrected chi connectivity index (χ1v) is 5.71. The zero-order chi connectivity index (χ0) is 14.6. The van der Waals surface area contributed by atoms with E-state index in [1.54, 1.807) is 0 Å². The molecule has 3 amide bonds. The van der Waals surface area contributed by atoms with Gasteiger partial charge in [-0.25, -0.2) is 14.4 Å². The Labute approximate surface area is 112 Å². The zero-order valence-electron chi connectivity index (χ0n) is 10.4. The number of carbonyl (C=O) groups is 3. The molecule has 20 heavy (non-hydrogen) atoms. The summed E-state index contributed by atoms with van der Waals surface area (Å²) in [5, 5.41) is 14.2. The van der Waals surface area contributed by atoms with E-state index in [1.807, 2.05) is 0 Å². The average molecular weight is 281 g/mol. The Morgan fingerprint density at radius 1 is 1.55 bits per heavy atom. The van der Waals surface area contributed by atoms with Gasteiger partial charge in [0.1, 0.15) is 11.7 Å². The first-order chi connectivity index (χ1) is 9.45. The van der Waals surface area contributed by atoms with E-state index in [0.29, 0.717) is 10.6 Å². The molecule has 3 N–H and O–H groups in total. The van der Waals surface area contributed by atoms with Crippen molar-refractivity contribution in [2.45, 2.75) is 12.1 Å². The van der Waals surface area contributed by atoms with Crippen molar-refractivity contribution in [3.8, 4) is 0 Å². The van der Waals surface area contributed by atoms with Crippen molar-refractivity contribution in [3.63, 3.8) is 0 Å². The topological polar surface area (TPSA) is 131 Å². The molecule has 0 radical (unpaired) electrons. The van der Waals surface area contributed by atoms with Crippen molar-refractivity contribution in [2.24, 2.45) is 5.73 Å². The van der Waals surface area contributed by atoms with E-state index < -0.39 is 30.1 Å². The molecule has 1 aromatic rings. The van der Waals surface area contributed by atoms with Crippen LogP contribution in [0.3, 0.4) is 0 Å². The molecule has 1 unspecified atom stereocenters. The summed E-state index contributed by atoms with van der Waals surface area (Å²) in [6, 6.07) is -3.33.